The van der Waals surface area contributed by atoms with E-state index in [9.17, 15) is 9.18 Å². The van der Waals surface area contributed by atoms with Gasteiger partial charge < -0.3 is 10.0 Å². The van der Waals surface area contributed by atoms with Gasteiger partial charge >= 0.3 is 6.09 Å². The van der Waals surface area contributed by atoms with Crippen LogP contribution in [0.1, 0.15) is 43.4 Å². The van der Waals surface area contributed by atoms with Crippen LogP contribution in [0.15, 0.2) is 87.2 Å². The van der Waals surface area contributed by atoms with Gasteiger partial charge in [0.1, 0.15) is 17.0 Å². The summed E-state index contributed by atoms with van der Waals surface area (Å²) in [5, 5.41) is 21.4. The van der Waals surface area contributed by atoms with Crippen molar-refractivity contribution in [1.29, 1.82) is 0 Å². The lowest BCUT2D eigenvalue weighted by atomic mass is 10.0. The van der Waals surface area contributed by atoms with E-state index in [4.69, 9.17) is 16.7 Å². The molecule has 6 rings (SSSR count). The van der Waals surface area contributed by atoms with Gasteiger partial charge in [-0.1, -0.05) is 48.9 Å². The third-order valence-corrected chi connectivity index (χ3v) is 7.98. The Kier molecular flexibility index (Phi) is 7.32. The van der Waals surface area contributed by atoms with E-state index in [0.717, 1.165) is 46.1 Å². The van der Waals surface area contributed by atoms with Gasteiger partial charge in [-0.3, -0.25) is 9.89 Å². The molecule has 1 N–H and O–H groups in total. The molecule has 1 fully saturated rings. The average Bonchev–Trinajstić information content (AvgIpc) is 3.30. The zero-order valence-corrected chi connectivity index (χ0v) is 22.6. The number of benzene rings is 2. The van der Waals surface area contributed by atoms with E-state index in [2.05, 4.69) is 38.5 Å². The van der Waals surface area contributed by atoms with Crippen LogP contribution in [0, 0.1) is 11.2 Å². The summed E-state index contributed by atoms with van der Waals surface area (Å²) in [4.78, 5) is 19.3. The highest BCUT2D eigenvalue weighted by Gasteiger charge is 2.40. The molecule has 3 aliphatic rings. The first-order chi connectivity index (χ1) is 18.2. The standard InChI is InChI=1S/C15H11ClN4S.C13H16FNO2/c1-9-18-19-13-8-17-14(10-4-2-3-5-12(10)16)11-6-7-21-15(11)20(9)13;1-13(6-7-13)9-15(12(16)17)8-10-2-4-11(14)5-3-10/h2-9H,1H3;2-5H,6-9H2,1H3,(H,16,17). The second-order valence-electron chi connectivity index (χ2n) is 9.88. The topological polar surface area (TPSA) is 80.9 Å². The summed E-state index contributed by atoms with van der Waals surface area (Å²) in [6, 6.07) is 15.8. The fraction of sp³-hybridized carbons (Fsp3) is 0.286. The molecular formula is C28H27ClFN5O2S. The lowest BCUT2D eigenvalue weighted by Gasteiger charge is -2.22. The highest BCUT2D eigenvalue weighted by molar-refractivity contribution is 7.14. The Bertz CT molecular complexity index is 1430. The number of azo groups is 1. The Labute approximate surface area is 229 Å². The summed E-state index contributed by atoms with van der Waals surface area (Å²) >= 11 is 8.00. The van der Waals surface area contributed by atoms with Crippen molar-refractivity contribution in [2.45, 2.75) is 39.4 Å². The molecule has 0 spiro atoms. The van der Waals surface area contributed by atoms with Gasteiger partial charge in [-0.25, -0.2) is 9.18 Å². The number of hydrogen-bond donors (Lipinski definition) is 1. The number of carboxylic acid groups (broad SMARTS) is 1. The molecule has 1 saturated carbocycles. The molecule has 196 valence electrons. The van der Waals surface area contributed by atoms with Crippen molar-refractivity contribution in [2.24, 2.45) is 20.6 Å². The van der Waals surface area contributed by atoms with Crippen LogP contribution in [0.5, 0.6) is 0 Å². The molecule has 1 amide bonds. The maximum Gasteiger partial charge on any atom is 0.407 e. The summed E-state index contributed by atoms with van der Waals surface area (Å²) in [6.45, 7) is 4.99. The normalized spacial score (nSPS) is 18.3. The molecule has 3 aromatic rings. The average molecular weight is 552 g/mol. The third-order valence-electron chi connectivity index (χ3n) is 6.74. The van der Waals surface area contributed by atoms with Crippen molar-refractivity contribution in [1.82, 2.24) is 4.90 Å². The largest absolute Gasteiger partial charge is 0.465 e. The Balaban J connectivity index is 0.000000159. The van der Waals surface area contributed by atoms with E-state index >= 15 is 0 Å². The first-order valence-electron chi connectivity index (χ1n) is 12.3. The molecule has 0 radical (unpaired) electrons. The highest BCUT2D eigenvalue weighted by atomic mass is 35.5. The summed E-state index contributed by atoms with van der Waals surface area (Å²) in [7, 11) is 0. The number of hydrogen-bond acceptors (Lipinski definition) is 6. The van der Waals surface area contributed by atoms with Crippen molar-refractivity contribution >= 4 is 39.7 Å². The minimum Gasteiger partial charge on any atom is -0.465 e. The smallest absolute Gasteiger partial charge is 0.407 e. The molecule has 1 aromatic heterocycles. The summed E-state index contributed by atoms with van der Waals surface area (Å²) < 4.78 is 12.7. The number of aliphatic imine (C=N–C) groups is 1. The van der Waals surface area contributed by atoms with Crippen molar-refractivity contribution in [2.75, 3.05) is 11.4 Å². The Hall–Kier alpha value is -3.56. The number of rotatable bonds is 5. The molecule has 1 aliphatic carbocycles. The van der Waals surface area contributed by atoms with E-state index in [1.807, 2.05) is 31.2 Å². The van der Waals surface area contributed by atoms with Crippen molar-refractivity contribution in [3.05, 3.63) is 99.5 Å². The van der Waals surface area contributed by atoms with E-state index in [1.54, 1.807) is 29.7 Å². The van der Waals surface area contributed by atoms with Gasteiger partial charge in [0.15, 0.2) is 5.82 Å². The van der Waals surface area contributed by atoms with Crippen LogP contribution < -0.4 is 4.90 Å². The molecule has 0 bridgehead atoms. The van der Waals surface area contributed by atoms with Crippen LogP contribution in [-0.2, 0) is 6.54 Å². The van der Waals surface area contributed by atoms with Gasteiger partial charge in [0.2, 0.25) is 0 Å². The van der Waals surface area contributed by atoms with Crippen LogP contribution in [-0.4, -0.2) is 34.5 Å². The third kappa shape index (κ3) is 5.63. The highest BCUT2D eigenvalue weighted by Crippen LogP contribution is 2.45. The van der Waals surface area contributed by atoms with Crippen LogP contribution in [0.3, 0.4) is 0 Å². The monoisotopic (exact) mass is 551 g/mol. The van der Waals surface area contributed by atoms with E-state index < -0.39 is 6.09 Å². The summed E-state index contributed by atoms with van der Waals surface area (Å²) in [5.41, 5.74) is 3.84. The molecule has 38 heavy (non-hydrogen) atoms. The number of halogens is 2. The van der Waals surface area contributed by atoms with Gasteiger partial charge in [0.05, 0.1) is 11.9 Å². The predicted octanol–water partition coefficient (Wildman–Crippen LogP) is 7.78. The number of amides is 1. The molecule has 3 heterocycles. The molecule has 0 saturated heterocycles. The van der Waals surface area contributed by atoms with Crippen molar-refractivity contribution in [3.63, 3.8) is 0 Å². The fourth-order valence-electron chi connectivity index (χ4n) is 4.36. The van der Waals surface area contributed by atoms with Crippen LogP contribution in [0.2, 0.25) is 5.02 Å². The lowest BCUT2D eigenvalue weighted by Crippen LogP contribution is -2.33. The van der Waals surface area contributed by atoms with Crippen LogP contribution in [0.4, 0.5) is 14.2 Å². The second kappa shape index (κ2) is 10.7. The van der Waals surface area contributed by atoms with Crippen molar-refractivity contribution < 1.29 is 14.3 Å². The van der Waals surface area contributed by atoms with Crippen LogP contribution in [0.25, 0.3) is 0 Å². The molecular weight excluding hydrogens is 525 g/mol. The quantitative estimate of drug-likeness (QED) is 0.351. The predicted molar refractivity (Wildman–Crippen MR) is 148 cm³/mol. The molecule has 1 atom stereocenters. The van der Waals surface area contributed by atoms with Gasteiger partial charge in [-0.05, 0) is 60.4 Å². The number of nitrogens with zero attached hydrogens (tertiary/aromatic N) is 5. The molecule has 1 unspecified atom stereocenters. The molecule has 7 nitrogen and oxygen atoms in total. The zero-order valence-electron chi connectivity index (χ0n) is 21.0. The van der Waals surface area contributed by atoms with Gasteiger partial charge in [0.25, 0.3) is 0 Å². The van der Waals surface area contributed by atoms with Crippen molar-refractivity contribution in [3.8, 4) is 0 Å². The maximum atomic E-state index is 12.7. The lowest BCUT2D eigenvalue weighted by molar-refractivity contribution is 0.132. The Morgan fingerprint density at radius 1 is 1.18 bits per heavy atom. The van der Waals surface area contributed by atoms with Gasteiger partial charge in [0, 0.05) is 29.2 Å². The minimum absolute atomic E-state index is 0.00514. The maximum absolute atomic E-state index is 12.7. The first-order valence-corrected chi connectivity index (χ1v) is 13.5. The SMILES string of the molecule is CC1(CN(Cc2ccc(F)cc2)C(=O)O)CC1.CC1N=NC2=CN=C(c3ccccc3Cl)c3ccsc3N21. The van der Waals surface area contributed by atoms with E-state index in [-0.39, 0.29) is 17.4 Å². The fourth-order valence-corrected chi connectivity index (χ4v) is 5.57. The van der Waals surface area contributed by atoms with E-state index in [0.29, 0.717) is 18.1 Å². The molecule has 2 aromatic carbocycles. The number of anilines is 1. The molecule has 2 aliphatic heterocycles. The zero-order chi connectivity index (χ0) is 26.9. The number of thiophene rings is 1. The summed E-state index contributed by atoms with van der Waals surface area (Å²) in [6.07, 6.45) is 3.01. The Morgan fingerprint density at radius 2 is 1.92 bits per heavy atom. The minimum atomic E-state index is -0.914. The Morgan fingerprint density at radius 3 is 2.61 bits per heavy atom. The molecule has 10 heteroatoms. The summed E-state index contributed by atoms with van der Waals surface area (Å²) in [5.74, 6) is 0.470. The number of fused-ring (bicyclic) bond motifs is 3. The van der Waals surface area contributed by atoms with Crippen LogP contribution >= 0.6 is 22.9 Å². The van der Waals surface area contributed by atoms with E-state index in [1.165, 1.54) is 17.0 Å². The number of carbonyl (C=O) groups is 1. The van der Waals surface area contributed by atoms with Gasteiger partial charge in [-0.15, -0.1) is 16.5 Å². The van der Waals surface area contributed by atoms with Gasteiger partial charge in [-0.2, -0.15) is 5.11 Å². The second-order valence-corrected chi connectivity index (χ2v) is 11.2. The first kappa shape index (κ1) is 26.1.